The number of aliphatic carboxylic acids is 1. The highest BCUT2D eigenvalue weighted by Gasteiger charge is 2.34. The lowest BCUT2D eigenvalue weighted by Gasteiger charge is -2.38. The third kappa shape index (κ3) is 3.86. The molecule has 1 heterocycles. The molecule has 0 spiro atoms. The van der Waals surface area contributed by atoms with Gasteiger partial charge in [-0.25, -0.2) is 0 Å². The Morgan fingerprint density at radius 2 is 1.95 bits per heavy atom. The van der Waals surface area contributed by atoms with Crippen LogP contribution in [0.5, 0.6) is 0 Å². The fraction of sp³-hybridized carbons (Fsp3) is 0.846. The lowest BCUT2D eigenvalue weighted by Crippen LogP contribution is -2.50. The number of thioether (sulfide) groups is 1. The summed E-state index contributed by atoms with van der Waals surface area (Å²) in [4.78, 5) is 25.2. The molecule has 1 aliphatic heterocycles. The maximum absolute atomic E-state index is 12.5. The molecule has 2 fully saturated rings. The summed E-state index contributed by atoms with van der Waals surface area (Å²) < 4.78 is 0. The van der Waals surface area contributed by atoms with Crippen molar-refractivity contribution >= 4 is 23.6 Å². The van der Waals surface area contributed by atoms with E-state index in [1.54, 1.807) is 11.8 Å². The molecule has 108 valence electrons. The highest BCUT2D eigenvalue weighted by atomic mass is 32.2. The summed E-state index contributed by atoms with van der Waals surface area (Å²) >= 11 is 1.74. The number of carboxylic acid groups (broad SMARTS) is 1. The summed E-state index contributed by atoms with van der Waals surface area (Å²) in [7, 11) is 0. The molecule has 2 rings (SSSR count). The first-order valence-electron chi connectivity index (χ1n) is 6.93. The number of carboxylic acids is 1. The van der Waals surface area contributed by atoms with Crippen LogP contribution in [0.15, 0.2) is 0 Å². The molecule has 1 saturated carbocycles. The molecule has 0 aromatic carbocycles. The maximum Gasteiger partial charge on any atom is 0.305 e. The molecule has 1 atom stereocenters. The maximum atomic E-state index is 12.5. The van der Waals surface area contributed by atoms with Gasteiger partial charge >= 0.3 is 5.97 Å². The van der Waals surface area contributed by atoms with Crippen LogP contribution in [-0.2, 0) is 9.59 Å². The SMILES string of the molecule is NC1CCC(C(=O)N2CCSCC2CC(=O)O)CC1. The summed E-state index contributed by atoms with van der Waals surface area (Å²) in [6.07, 6.45) is 3.57. The minimum Gasteiger partial charge on any atom is -0.481 e. The molecule has 0 bridgehead atoms. The molecule has 0 aromatic heterocycles. The van der Waals surface area contributed by atoms with E-state index in [2.05, 4.69) is 0 Å². The zero-order valence-electron chi connectivity index (χ0n) is 11.1. The zero-order chi connectivity index (χ0) is 13.8. The molecular formula is C13H22N2O3S. The second-order valence-electron chi connectivity index (χ2n) is 5.47. The van der Waals surface area contributed by atoms with Crippen molar-refractivity contribution in [2.75, 3.05) is 18.1 Å². The molecular weight excluding hydrogens is 264 g/mol. The van der Waals surface area contributed by atoms with Gasteiger partial charge in [0.05, 0.1) is 12.5 Å². The Morgan fingerprint density at radius 3 is 2.58 bits per heavy atom. The highest BCUT2D eigenvalue weighted by molar-refractivity contribution is 7.99. The van der Waals surface area contributed by atoms with Crippen molar-refractivity contribution in [1.82, 2.24) is 4.90 Å². The van der Waals surface area contributed by atoms with Crippen LogP contribution < -0.4 is 5.73 Å². The van der Waals surface area contributed by atoms with Crippen LogP contribution in [-0.4, -0.2) is 52.0 Å². The number of carbonyl (C=O) groups is 2. The Morgan fingerprint density at radius 1 is 1.26 bits per heavy atom. The zero-order valence-corrected chi connectivity index (χ0v) is 11.9. The second kappa shape index (κ2) is 6.61. The normalized spacial score (nSPS) is 32.1. The van der Waals surface area contributed by atoms with Crippen LogP contribution in [0.25, 0.3) is 0 Å². The number of carbonyl (C=O) groups excluding carboxylic acids is 1. The molecule has 2 aliphatic rings. The lowest BCUT2D eigenvalue weighted by molar-refractivity contribution is -0.142. The molecule has 0 radical (unpaired) electrons. The summed E-state index contributed by atoms with van der Waals surface area (Å²) in [5.41, 5.74) is 5.86. The van der Waals surface area contributed by atoms with Gasteiger partial charge in [0.25, 0.3) is 0 Å². The highest BCUT2D eigenvalue weighted by Crippen LogP contribution is 2.28. The Kier molecular flexibility index (Phi) is 5.10. The largest absolute Gasteiger partial charge is 0.481 e. The van der Waals surface area contributed by atoms with E-state index in [4.69, 9.17) is 10.8 Å². The van der Waals surface area contributed by atoms with Crippen molar-refractivity contribution in [2.24, 2.45) is 11.7 Å². The Bertz CT molecular complexity index is 343. The van der Waals surface area contributed by atoms with Gasteiger partial charge < -0.3 is 15.7 Å². The van der Waals surface area contributed by atoms with Crippen molar-refractivity contribution < 1.29 is 14.7 Å². The van der Waals surface area contributed by atoms with E-state index >= 15 is 0 Å². The van der Waals surface area contributed by atoms with Crippen LogP contribution in [0.1, 0.15) is 32.1 Å². The van der Waals surface area contributed by atoms with E-state index in [1.165, 1.54) is 0 Å². The molecule has 3 N–H and O–H groups in total. The van der Waals surface area contributed by atoms with Crippen LogP contribution in [0, 0.1) is 5.92 Å². The van der Waals surface area contributed by atoms with Gasteiger partial charge in [-0.2, -0.15) is 11.8 Å². The van der Waals surface area contributed by atoms with E-state index in [1.807, 2.05) is 4.90 Å². The average molecular weight is 286 g/mol. The van der Waals surface area contributed by atoms with Gasteiger partial charge in [-0.1, -0.05) is 0 Å². The molecule has 1 unspecified atom stereocenters. The Hall–Kier alpha value is -0.750. The third-order valence-corrected chi connectivity index (χ3v) is 5.13. The molecule has 1 saturated heterocycles. The minimum atomic E-state index is -0.823. The van der Waals surface area contributed by atoms with Crippen LogP contribution in [0.3, 0.4) is 0 Å². The smallest absolute Gasteiger partial charge is 0.305 e. The second-order valence-corrected chi connectivity index (χ2v) is 6.62. The standard InChI is InChI=1S/C13H22N2O3S/c14-10-3-1-9(2-4-10)13(18)15-5-6-19-8-11(15)7-12(16)17/h9-11H,1-8,14H2,(H,16,17). The predicted molar refractivity (Wildman–Crippen MR) is 75.0 cm³/mol. The number of amides is 1. The lowest BCUT2D eigenvalue weighted by atomic mass is 9.85. The van der Waals surface area contributed by atoms with E-state index < -0.39 is 5.97 Å². The van der Waals surface area contributed by atoms with Gasteiger partial charge in [-0.05, 0) is 25.7 Å². The quantitative estimate of drug-likeness (QED) is 0.806. The predicted octanol–water partition coefficient (Wildman–Crippen LogP) is 0.923. The van der Waals surface area contributed by atoms with E-state index in [0.29, 0.717) is 6.54 Å². The van der Waals surface area contributed by atoms with Crippen molar-refractivity contribution in [1.29, 1.82) is 0 Å². The summed E-state index contributed by atoms with van der Waals surface area (Å²) in [6.45, 7) is 0.685. The van der Waals surface area contributed by atoms with Crippen LogP contribution in [0.4, 0.5) is 0 Å². The molecule has 1 aliphatic carbocycles. The number of hydrogen-bond donors (Lipinski definition) is 2. The number of nitrogens with two attached hydrogens (primary N) is 1. The molecule has 1 amide bonds. The molecule has 19 heavy (non-hydrogen) atoms. The van der Waals surface area contributed by atoms with Gasteiger partial charge in [-0.15, -0.1) is 0 Å². The van der Waals surface area contributed by atoms with Gasteiger partial charge in [0.2, 0.25) is 5.91 Å². The van der Waals surface area contributed by atoms with Crippen molar-refractivity contribution in [2.45, 2.75) is 44.2 Å². The van der Waals surface area contributed by atoms with Crippen LogP contribution >= 0.6 is 11.8 Å². The van der Waals surface area contributed by atoms with Gasteiger partial charge in [0, 0.05) is 30.0 Å². The van der Waals surface area contributed by atoms with E-state index in [0.717, 1.165) is 37.2 Å². The fourth-order valence-electron chi connectivity index (χ4n) is 2.92. The average Bonchev–Trinajstić information content (AvgIpc) is 2.39. The van der Waals surface area contributed by atoms with Crippen LogP contribution in [0.2, 0.25) is 0 Å². The van der Waals surface area contributed by atoms with Gasteiger partial charge in [0.1, 0.15) is 0 Å². The van der Waals surface area contributed by atoms with Crippen molar-refractivity contribution in [3.8, 4) is 0 Å². The molecule has 0 aromatic rings. The first-order valence-corrected chi connectivity index (χ1v) is 8.09. The van der Waals surface area contributed by atoms with Gasteiger partial charge in [0.15, 0.2) is 0 Å². The number of hydrogen-bond acceptors (Lipinski definition) is 4. The monoisotopic (exact) mass is 286 g/mol. The van der Waals surface area contributed by atoms with E-state index in [9.17, 15) is 9.59 Å². The fourth-order valence-corrected chi connectivity index (χ4v) is 3.98. The molecule has 5 nitrogen and oxygen atoms in total. The Labute approximate surface area is 117 Å². The molecule has 6 heteroatoms. The third-order valence-electron chi connectivity index (χ3n) is 4.04. The van der Waals surface area contributed by atoms with Crippen molar-refractivity contribution in [3.05, 3.63) is 0 Å². The van der Waals surface area contributed by atoms with E-state index in [-0.39, 0.29) is 30.3 Å². The topological polar surface area (TPSA) is 83.6 Å². The summed E-state index contributed by atoms with van der Waals surface area (Å²) in [5.74, 6) is 1.03. The number of nitrogens with zero attached hydrogens (tertiary/aromatic N) is 1. The Balaban J connectivity index is 1.96. The minimum absolute atomic E-state index is 0.0548. The summed E-state index contributed by atoms with van der Waals surface area (Å²) in [5, 5.41) is 8.95. The number of rotatable bonds is 3. The van der Waals surface area contributed by atoms with Crippen molar-refractivity contribution in [3.63, 3.8) is 0 Å². The summed E-state index contributed by atoms with van der Waals surface area (Å²) in [6, 6.07) is 0.0927. The first-order chi connectivity index (χ1) is 9.08. The van der Waals surface area contributed by atoms with Gasteiger partial charge in [-0.3, -0.25) is 9.59 Å². The first kappa shape index (κ1) is 14.7.